The van der Waals surface area contributed by atoms with Crippen molar-refractivity contribution in [1.29, 1.82) is 0 Å². The number of hydrogen-bond donors (Lipinski definition) is 2. The van der Waals surface area contributed by atoms with Crippen molar-refractivity contribution in [3.05, 3.63) is 52.0 Å². The summed E-state index contributed by atoms with van der Waals surface area (Å²) in [6.07, 6.45) is -0.0240. The first-order valence-electron chi connectivity index (χ1n) is 8.14. The number of nitrogens with one attached hydrogen (secondary N) is 2. The lowest BCUT2D eigenvalue weighted by Crippen LogP contribution is -2.22. The number of nitrogens with zero attached hydrogens (tertiary/aromatic N) is 1. The molecule has 0 saturated heterocycles. The van der Waals surface area contributed by atoms with Crippen molar-refractivity contribution in [2.24, 2.45) is 5.10 Å². The van der Waals surface area contributed by atoms with Gasteiger partial charge in [0.25, 0.3) is 5.91 Å². The van der Waals surface area contributed by atoms with Gasteiger partial charge in [0, 0.05) is 16.8 Å². The standard InChI is InChI=1S/C19H19Cl2N3O4/c1-11(23-24-19(26)14-6-4-12(20)9-15(14)21)8-18(25)22-16-7-5-13(27-2)10-17(16)28-3/h4-7,9-10H,8H2,1-3H3,(H,22,25)(H,24,26)/b23-11-. The summed E-state index contributed by atoms with van der Waals surface area (Å²) in [5.74, 6) is 0.255. The van der Waals surface area contributed by atoms with Crippen molar-refractivity contribution in [3.8, 4) is 11.5 Å². The van der Waals surface area contributed by atoms with Crippen LogP contribution in [0.4, 0.5) is 5.69 Å². The summed E-state index contributed by atoms with van der Waals surface area (Å²) >= 11 is 11.8. The topological polar surface area (TPSA) is 89.0 Å². The second-order valence-corrected chi connectivity index (χ2v) is 6.55. The van der Waals surface area contributed by atoms with Crippen molar-refractivity contribution in [1.82, 2.24) is 5.43 Å². The summed E-state index contributed by atoms with van der Waals surface area (Å²) in [7, 11) is 3.03. The Bertz CT molecular complexity index is 916. The summed E-state index contributed by atoms with van der Waals surface area (Å²) in [5.41, 5.74) is 3.50. The highest BCUT2D eigenvalue weighted by Crippen LogP contribution is 2.29. The molecule has 2 amide bonds. The summed E-state index contributed by atoms with van der Waals surface area (Å²) in [5, 5.41) is 7.29. The Kier molecular flexibility index (Phi) is 7.66. The zero-order valence-corrected chi connectivity index (χ0v) is 17.0. The van der Waals surface area contributed by atoms with E-state index in [0.29, 0.717) is 27.9 Å². The Morgan fingerprint density at radius 1 is 1.07 bits per heavy atom. The van der Waals surface area contributed by atoms with Gasteiger partial charge in [-0.1, -0.05) is 23.2 Å². The second-order valence-electron chi connectivity index (χ2n) is 5.70. The van der Waals surface area contributed by atoms with E-state index in [-0.39, 0.29) is 22.9 Å². The molecule has 0 radical (unpaired) electrons. The molecule has 7 nitrogen and oxygen atoms in total. The molecule has 28 heavy (non-hydrogen) atoms. The smallest absolute Gasteiger partial charge is 0.272 e. The molecule has 2 N–H and O–H groups in total. The molecule has 0 aliphatic rings. The third kappa shape index (κ3) is 5.87. The highest BCUT2D eigenvalue weighted by molar-refractivity contribution is 6.36. The number of halogens is 2. The van der Waals surface area contributed by atoms with Gasteiger partial charge < -0.3 is 14.8 Å². The van der Waals surface area contributed by atoms with Crippen LogP contribution in [0.25, 0.3) is 0 Å². The van der Waals surface area contributed by atoms with E-state index in [0.717, 1.165) is 0 Å². The Hall–Kier alpha value is -2.77. The highest BCUT2D eigenvalue weighted by Gasteiger charge is 2.12. The fourth-order valence-electron chi connectivity index (χ4n) is 2.25. The Balaban J connectivity index is 1.97. The van der Waals surface area contributed by atoms with Crippen LogP contribution in [0.2, 0.25) is 10.0 Å². The molecular weight excluding hydrogens is 405 g/mol. The van der Waals surface area contributed by atoms with Gasteiger partial charge in [-0.15, -0.1) is 0 Å². The number of rotatable bonds is 7. The average Bonchev–Trinajstić information content (AvgIpc) is 2.66. The van der Waals surface area contributed by atoms with Gasteiger partial charge in [-0.2, -0.15) is 5.10 Å². The van der Waals surface area contributed by atoms with E-state index < -0.39 is 5.91 Å². The van der Waals surface area contributed by atoms with E-state index in [1.165, 1.54) is 19.2 Å². The summed E-state index contributed by atoms with van der Waals surface area (Å²) in [6.45, 7) is 1.62. The summed E-state index contributed by atoms with van der Waals surface area (Å²) in [6, 6.07) is 9.54. The van der Waals surface area contributed by atoms with Crippen LogP contribution in [0.15, 0.2) is 41.5 Å². The van der Waals surface area contributed by atoms with Crippen LogP contribution in [0, 0.1) is 0 Å². The quantitative estimate of drug-likeness (QED) is 0.517. The first-order chi connectivity index (χ1) is 13.3. The lowest BCUT2D eigenvalue weighted by molar-refractivity contribution is -0.115. The number of carbonyl (C=O) groups is 2. The second kappa shape index (κ2) is 9.96. The lowest BCUT2D eigenvalue weighted by Gasteiger charge is -2.11. The molecule has 0 fully saturated rings. The molecule has 0 bridgehead atoms. The molecule has 9 heteroatoms. The molecule has 2 aromatic rings. The van der Waals surface area contributed by atoms with Crippen LogP contribution in [-0.2, 0) is 4.79 Å². The molecule has 0 aliphatic carbocycles. The van der Waals surface area contributed by atoms with Crippen LogP contribution in [-0.4, -0.2) is 31.7 Å². The van der Waals surface area contributed by atoms with Gasteiger partial charge in [0.2, 0.25) is 5.91 Å². The number of anilines is 1. The van der Waals surface area contributed by atoms with Gasteiger partial charge in [-0.25, -0.2) is 5.43 Å². The fraction of sp³-hybridized carbons (Fsp3) is 0.211. The van der Waals surface area contributed by atoms with Gasteiger partial charge in [-0.3, -0.25) is 9.59 Å². The Morgan fingerprint density at radius 3 is 2.46 bits per heavy atom. The van der Waals surface area contributed by atoms with Gasteiger partial charge in [0.15, 0.2) is 0 Å². The largest absolute Gasteiger partial charge is 0.497 e. The van der Waals surface area contributed by atoms with Crippen LogP contribution in [0.3, 0.4) is 0 Å². The molecule has 148 valence electrons. The number of methoxy groups -OCH3 is 2. The van der Waals surface area contributed by atoms with Crippen molar-refractivity contribution >= 4 is 46.4 Å². The molecule has 0 heterocycles. The van der Waals surface area contributed by atoms with E-state index in [2.05, 4.69) is 15.8 Å². The number of hydrogen-bond acceptors (Lipinski definition) is 5. The molecule has 0 atom stereocenters. The third-order valence-electron chi connectivity index (χ3n) is 3.62. The molecule has 0 saturated carbocycles. The molecule has 2 rings (SSSR count). The number of amides is 2. The molecule has 0 aliphatic heterocycles. The van der Waals surface area contributed by atoms with E-state index in [1.807, 2.05) is 0 Å². The number of ether oxygens (including phenoxy) is 2. The number of carbonyl (C=O) groups excluding carboxylic acids is 2. The van der Waals surface area contributed by atoms with Crippen molar-refractivity contribution < 1.29 is 19.1 Å². The highest BCUT2D eigenvalue weighted by atomic mass is 35.5. The number of benzene rings is 2. The SMILES string of the molecule is COc1ccc(NC(=O)C/C(C)=N\NC(=O)c2ccc(Cl)cc2Cl)c(OC)c1. The van der Waals surface area contributed by atoms with E-state index in [1.54, 1.807) is 38.3 Å². The van der Waals surface area contributed by atoms with E-state index >= 15 is 0 Å². The van der Waals surface area contributed by atoms with Gasteiger partial charge in [0.1, 0.15) is 11.5 Å². The van der Waals surface area contributed by atoms with Gasteiger partial charge >= 0.3 is 0 Å². The lowest BCUT2D eigenvalue weighted by atomic mass is 10.2. The maximum Gasteiger partial charge on any atom is 0.272 e. The van der Waals surface area contributed by atoms with E-state index in [9.17, 15) is 9.59 Å². The Morgan fingerprint density at radius 2 is 1.82 bits per heavy atom. The minimum absolute atomic E-state index is 0.0240. The first kappa shape index (κ1) is 21.5. The average molecular weight is 424 g/mol. The zero-order chi connectivity index (χ0) is 20.7. The van der Waals surface area contributed by atoms with Crippen LogP contribution >= 0.6 is 23.2 Å². The number of hydrazone groups is 1. The predicted octanol–water partition coefficient (Wildman–Crippen LogP) is 4.15. The van der Waals surface area contributed by atoms with E-state index in [4.69, 9.17) is 32.7 Å². The first-order valence-corrected chi connectivity index (χ1v) is 8.90. The normalized spacial score (nSPS) is 11.0. The third-order valence-corrected chi connectivity index (χ3v) is 4.17. The van der Waals surface area contributed by atoms with Gasteiger partial charge in [0.05, 0.1) is 36.9 Å². The molecule has 0 spiro atoms. The maximum absolute atomic E-state index is 12.2. The Labute approximate surface area is 172 Å². The van der Waals surface area contributed by atoms with Crippen molar-refractivity contribution in [2.75, 3.05) is 19.5 Å². The summed E-state index contributed by atoms with van der Waals surface area (Å²) < 4.78 is 10.4. The van der Waals surface area contributed by atoms with Crippen molar-refractivity contribution in [3.63, 3.8) is 0 Å². The fourth-order valence-corrected chi connectivity index (χ4v) is 2.74. The maximum atomic E-state index is 12.2. The molecule has 0 unspecified atom stereocenters. The van der Waals surface area contributed by atoms with Gasteiger partial charge in [-0.05, 0) is 37.3 Å². The zero-order valence-electron chi connectivity index (χ0n) is 15.5. The van der Waals surface area contributed by atoms with Crippen molar-refractivity contribution in [2.45, 2.75) is 13.3 Å². The summed E-state index contributed by atoms with van der Waals surface area (Å²) in [4.78, 5) is 24.4. The van der Waals surface area contributed by atoms with Crippen LogP contribution in [0.5, 0.6) is 11.5 Å². The minimum Gasteiger partial charge on any atom is -0.497 e. The monoisotopic (exact) mass is 423 g/mol. The molecular formula is C19H19Cl2N3O4. The molecule has 2 aromatic carbocycles. The predicted molar refractivity (Wildman–Crippen MR) is 110 cm³/mol. The minimum atomic E-state index is -0.502. The van der Waals surface area contributed by atoms with Crippen LogP contribution < -0.4 is 20.2 Å². The molecule has 0 aromatic heterocycles. The van der Waals surface area contributed by atoms with Crippen LogP contribution in [0.1, 0.15) is 23.7 Å².